The van der Waals surface area contributed by atoms with Crippen molar-refractivity contribution < 1.29 is 0 Å². The molecule has 124 valence electrons. The van der Waals surface area contributed by atoms with Crippen molar-refractivity contribution in [2.45, 2.75) is 32.6 Å². The second-order valence-corrected chi connectivity index (χ2v) is 7.54. The molecule has 4 nitrogen and oxygen atoms in total. The fraction of sp³-hybridized carbons (Fsp3) is 0.444. The van der Waals surface area contributed by atoms with Gasteiger partial charge in [-0.3, -0.25) is 4.99 Å². The van der Waals surface area contributed by atoms with Crippen molar-refractivity contribution in [2.24, 2.45) is 4.99 Å². The first-order chi connectivity index (χ1) is 11.0. The number of nitrogens with one attached hydrogen (secondary N) is 2. The largest absolute Gasteiger partial charge is 0.356 e. The van der Waals surface area contributed by atoms with Gasteiger partial charge in [0.2, 0.25) is 0 Å². The van der Waals surface area contributed by atoms with E-state index in [1.165, 1.54) is 10.4 Å². The van der Waals surface area contributed by atoms with E-state index in [2.05, 4.69) is 65.6 Å². The van der Waals surface area contributed by atoms with Gasteiger partial charge in [-0.2, -0.15) is 0 Å². The van der Waals surface area contributed by atoms with Crippen molar-refractivity contribution in [1.29, 1.82) is 0 Å². The van der Waals surface area contributed by atoms with Crippen LogP contribution in [0.15, 0.2) is 41.5 Å². The predicted octanol–water partition coefficient (Wildman–Crippen LogP) is 3.14. The molecule has 5 heteroatoms. The predicted molar refractivity (Wildman–Crippen MR) is 99.4 cm³/mol. The number of nitrogens with zero attached hydrogens (tertiary/aromatic N) is 2. The molecule has 1 aromatic heterocycles. The number of rotatable bonds is 6. The third-order valence-corrected chi connectivity index (χ3v) is 4.75. The summed E-state index contributed by atoms with van der Waals surface area (Å²) < 4.78 is 0. The van der Waals surface area contributed by atoms with E-state index in [1.54, 1.807) is 18.4 Å². The number of aliphatic imine (C=N–C) groups is 1. The minimum atomic E-state index is 0.0469. The number of hydrogen-bond acceptors (Lipinski definition) is 3. The van der Waals surface area contributed by atoms with E-state index in [9.17, 15) is 0 Å². The zero-order chi connectivity index (χ0) is 16.7. The summed E-state index contributed by atoms with van der Waals surface area (Å²) in [5.74, 6) is 0.835. The number of aromatic nitrogens is 1. The third-order valence-electron chi connectivity index (χ3n) is 3.78. The summed E-state index contributed by atoms with van der Waals surface area (Å²) >= 11 is 1.75. The Labute approximate surface area is 143 Å². The minimum absolute atomic E-state index is 0.0469. The van der Waals surface area contributed by atoms with Gasteiger partial charge in [-0.05, 0) is 12.5 Å². The lowest BCUT2D eigenvalue weighted by molar-refractivity contribution is 0.508. The zero-order valence-electron chi connectivity index (χ0n) is 14.4. The number of aryl methyl sites for hydroxylation is 1. The highest BCUT2D eigenvalue weighted by atomic mass is 32.1. The standard InChI is InChI=1S/C18H26N4S/c1-14-12-21-16(23-14)10-11-20-17(19-4)22-13-18(2,3)15-8-6-5-7-9-15/h5-9,12H,10-11,13H2,1-4H3,(H2,19,20,22). The Morgan fingerprint density at radius 3 is 2.57 bits per heavy atom. The SMILES string of the molecule is CN=C(NCCc1ncc(C)s1)NCC(C)(C)c1ccccc1. The number of benzene rings is 1. The summed E-state index contributed by atoms with van der Waals surface area (Å²) in [5.41, 5.74) is 1.37. The average molecular weight is 331 g/mol. The normalized spacial score (nSPS) is 12.3. The maximum Gasteiger partial charge on any atom is 0.191 e. The molecular formula is C18H26N4S. The van der Waals surface area contributed by atoms with Crippen LogP contribution in [0.4, 0.5) is 0 Å². The molecule has 0 radical (unpaired) electrons. The molecule has 0 spiro atoms. The van der Waals surface area contributed by atoms with Crippen molar-refractivity contribution in [3.05, 3.63) is 52.0 Å². The van der Waals surface area contributed by atoms with E-state index in [4.69, 9.17) is 0 Å². The Balaban J connectivity index is 1.80. The highest BCUT2D eigenvalue weighted by Crippen LogP contribution is 2.21. The lowest BCUT2D eigenvalue weighted by Crippen LogP contribution is -2.44. The van der Waals surface area contributed by atoms with Crippen molar-refractivity contribution in [2.75, 3.05) is 20.1 Å². The molecular weight excluding hydrogens is 304 g/mol. The second kappa shape index (κ2) is 8.11. The van der Waals surface area contributed by atoms with Crippen LogP contribution < -0.4 is 10.6 Å². The summed E-state index contributed by atoms with van der Waals surface area (Å²) in [4.78, 5) is 9.94. The zero-order valence-corrected chi connectivity index (χ0v) is 15.2. The Hall–Kier alpha value is -1.88. The van der Waals surface area contributed by atoms with Crippen LogP contribution >= 0.6 is 11.3 Å². The molecule has 0 aliphatic carbocycles. The summed E-state index contributed by atoms with van der Waals surface area (Å²) in [6.45, 7) is 8.22. The molecule has 2 N–H and O–H groups in total. The number of hydrogen-bond donors (Lipinski definition) is 2. The topological polar surface area (TPSA) is 49.3 Å². The van der Waals surface area contributed by atoms with Crippen molar-refractivity contribution in [3.63, 3.8) is 0 Å². The fourth-order valence-electron chi connectivity index (χ4n) is 2.32. The quantitative estimate of drug-likeness (QED) is 0.632. The fourth-order valence-corrected chi connectivity index (χ4v) is 3.11. The molecule has 2 aromatic rings. The van der Waals surface area contributed by atoms with Gasteiger partial charge in [0.1, 0.15) is 0 Å². The molecule has 0 atom stereocenters. The lowest BCUT2D eigenvalue weighted by Gasteiger charge is -2.26. The molecule has 2 rings (SSSR count). The number of thiazole rings is 1. The van der Waals surface area contributed by atoms with Gasteiger partial charge >= 0.3 is 0 Å². The summed E-state index contributed by atoms with van der Waals surface area (Å²) in [5, 5.41) is 7.94. The highest BCUT2D eigenvalue weighted by Gasteiger charge is 2.20. The van der Waals surface area contributed by atoms with Gasteiger partial charge in [0.15, 0.2) is 5.96 Å². The van der Waals surface area contributed by atoms with Crippen LogP contribution in [0, 0.1) is 6.92 Å². The minimum Gasteiger partial charge on any atom is -0.356 e. The first kappa shape index (κ1) is 17.5. The van der Waals surface area contributed by atoms with Crippen molar-refractivity contribution in [1.82, 2.24) is 15.6 Å². The molecule has 0 unspecified atom stereocenters. The molecule has 23 heavy (non-hydrogen) atoms. The Morgan fingerprint density at radius 2 is 1.96 bits per heavy atom. The first-order valence-electron chi connectivity index (χ1n) is 7.92. The molecule has 0 amide bonds. The van der Waals surface area contributed by atoms with Crippen LogP contribution in [-0.4, -0.2) is 31.1 Å². The van der Waals surface area contributed by atoms with E-state index >= 15 is 0 Å². The monoisotopic (exact) mass is 330 g/mol. The Bertz CT molecular complexity index is 631. The molecule has 0 saturated carbocycles. The van der Waals surface area contributed by atoms with Crippen LogP contribution in [0.3, 0.4) is 0 Å². The van der Waals surface area contributed by atoms with Crippen LogP contribution in [0.5, 0.6) is 0 Å². The maximum absolute atomic E-state index is 4.38. The summed E-state index contributed by atoms with van der Waals surface area (Å²) in [7, 11) is 1.80. The molecule has 1 aromatic carbocycles. The molecule has 0 saturated heterocycles. The van der Waals surface area contributed by atoms with E-state index in [-0.39, 0.29) is 5.41 Å². The van der Waals surface area contributed by atoms with Gasteiger partial charge in [0, 0.05) is 43.0 Å². The highest BCUT2D eigenvalue weighted by molar-refractivity contribution is 7.11. The lowest BCUT2D eigenvalue weighted by atomic mass is 9.85. The Kier molecular flexibility index (Phi) is 6.16. The van der Waals surface area contributed by atoms with Gasteiger partial charge in [-0.1, -0.05) is 44.2 Å². The van der Waals surface area contributed by atoms with E-state index in [1.807, 2.05) is 12.3 Å². The van der Waals surface area contributed by atoms with E-state index in [0.29, 0.717) is 0 Å². The molecule has 0 bridgehead atoms. The molecule has 0 fully saturated rings. The molecule has 1 heterocycles. The van der Waals surface area contributed by atoms with Gasteiger partial charge in [0.05, 0.1) is 5.01 Å². The molecule has 0 aliphatic rings. The third kappa shape index (κ3) is 5.36. The molecule has 0 aliphatic heterocycles. The maximum atomic E-state index is 4.38. The van der Waals surface area contributed by atoms with Crippen molar-refractivity contribution in [3.8, 4) is 0 Å². The van der Waals surface area contributed by atoms with Gasteiger partial charge in [-0.25, -0.2) is 4.98 Å². The van der Waals surface area contributed by atoms with Crippen molar-refractivity contribution >= 4 is 17.3 Å². The van der Waals surface area contributed by atoms with E-state index < -0.39 is 0 Å². The van der Waals surface area contributed by atoms with Gasteiger partial charge in [0.25, 0.3) is 0 Å². The van der Waals surface area contributed by atoms with Crippen LogP contribution in [0.1, 0.15) is 29.3 Å². The average Bonchev–Trinajstić information content (AvgIpc) is 2.97. The van der Waals surface area contributed by atoms with Crippen LogP contribution in [0.25, 0.3) is 0 Å². The first-order valence-corrected chi connectivity index (χ1v) is 8.74. The Morgan fingerprint density at radius 1 is 1.22 bits per heavy atom. The smallest absolute Gasteiger partial charge is 0.191 e. The van der Waals surface area contributed by atoms with Gasteiger partial charge in [-0.15, -0.1) is 11.3 Å². The summed E-state index contributed by atoms with van der Waals surface area (Å²) in [6, 6.07) is 10.6. The van der Waals surface area contributed by atoms with Crippen LogP contribution in [-0.2, 0) is 11.8 Å². The van der Waals surface area contributed by atoms with Gasteiger partial charge < -0.3 is 10.6 Å². The summed E-state index contributed by atoms with van der Waals surface area (Å²) in [6.07, 6.45) is 2.84. The van der Waals surface area contributed by atoms with E-state index in [0.717, 1.165) is 30.5 Å². The number of guanidine groups is 1. The second-order valence-electron chi connectivity index (χ2n) is 6.22. The van der Waals surface area contributed by atoms with Crippen LogP contribution in [0.2, 0.25) is 0 Å².